The Morgan fingerprint density at radius 2 is 1.40 bits per heavy atom. The van der Waals surface area contributed by atoms with Gasteiger partial charge in [0.25, 0.3) is 0 Å². The van der Waals surface area contributed by atoms with E-state index >= 15 is 0 Å². The van der Waals surface area contributed by atoms with Crippen LogP contribution in [0.3, 0.4) is 0 Å². The third-order valence-electron chi connectivity index (χ3n) is 3.25. The van der Waals surface area contributed by atoms with Crippen LogP contribution in [0.25, 0.3) is 0 Å². The van der Waals surface area contributed by atoms with Crippen LogP contribution in [0.4, 0.5) is 0 Å². The van der Waals surface area contributed by atoms with E-state index in [2.05, 4.69) is 10.6 Å². The molecule has 13 nitrogen and oxygen atoms in total. The molecule has 0 saturated heterocycles. The molecule has 1 atom stereocenters. The molecule has 174 valence electrons. The number of aliphatic carboxylic acids is 1. The van der Waals surface area contributed by atoms with Crippen molar-refractivity contribution >= 4 is 23.8 Å². The maximum absolute atomic E-state index is 12.2. The minimum Gasteiger partial charge on any atom is -0.480 e. The number of amides is 2. The highest BCUT2D eigenvalue weighted by molar-refractivity contribution is 5.85. The summed E-state index contributed by atoms with van der Waals surface area (Å²) in [6.45, 7) is -1.63. The first-order chi connectivity index (χ1) is 14.4. The first-order valence-electron chi connectivity index (χ1n) is 9.30. The molecule has 0 aliphatic rings. The van der Waals surface area contributed by atoms with E-state index in [4.69, 9.17) is 34.3 Å². The molecule has 0 aliphatic heterocycles. The molecule has 0 fully saturated rings. The molecule has 0 radical (unpaired) electrons. The average molecular weight is 438 g/mol. The van der Waals surface area contributed by atoms with Gasteiger partial charge in [0, 0.05) is 6.54 Å². The van der Waals surface area contributed by atoms with E-state index in [1.807, 2.05) is 0 Å². The lowest BCUT2D eigenvalue weighted by Crippen LogP contribution is -2.44. The quantitative estimate of drug-likeness (QED) is 0.102. The van der Waals surface area contributed by atoms with Gasteiger partial charge in [-0.15, -0.1) is 0 Å². The smallest absolute Gasteiger partial charge is 0.329 e. The largest absolute Gasteiger partial charge is 0.480 e. The van der Waals surface area contributed by atoms with E-state index in [0.717, 1.165) is 0 Å². The van der Waals surface area contributed by atoms with Gasteiger partial charge in [-0.3, -0.25) is 9.59 Å². The summed E-state index contributed by atoms with van der Waals surface area (Å²) in [5, 5.41) is 30.7. The Morgan fingerprint density at radius 3 is 2.00 bits per heavy atom. The van der Waals surface area contributed by atoms with Crippen LogP contribution < -0.4 is 10.6 Å². The Labute approximate surface area is 173 Å². The van der Waals surface area contributed by atoms with E-state index in [0.29, 0.717) is 6.42 Å². The second kappa shape index (κ2) is 18.7. The number of rotatable bonds is 19. The van der Waals surface area contributed by atoms with Gasteiger partial charge in [-0.05, 0) is 12.8 Å². The van der Waals surface area contributed by atoms with Crippen molar-refractivity contribution in [3.63, 3.8) is 0 Å². The second-order valence-corrected chi connectivity index (χ2v) is 5.78. The van der Waals surface area contributed by atoms with Gasteiger partial charge in [0.05, 0.1) is 33.0 Å². The summed E-state index contributed by atoms with van der Waals surface area (Å²) in [5.41, 5.74) is 0. The van der Waals surface area contributed by atoms with Crippen LogP contribution >= 0.6 is 0 Å². The molecule has 0 spiro atoms. The van der Waals surface area contributed by atoms with Gasteiger partial charge in [-0.1, -0.05) is 0 Å². The molecule has 13 heteroatoms. The van der Waals surface area contributed by atoms with Gasteiger partial charge < -0.3 is 44.9 Å². The number of hydrogen-bond acceptors (Lipinski definition) is 10. The Morgan fingerprint density at radius 1 is 0.800 bits per heavy atom. The number of esters is 1. The van der Waals surface area contributed by atoms with Crippen LogP contribution in [-0.2, 0) is 38.1 Å². The molecule has 0 saturated carbocycles. The fourth-order valence-corrected chi connectivity index (χ4v) is 1.99. The topological polar surface area (TPSA) is 190 Å². The van der Waals surface area contributed by atoms with Crippen molar-refractivity contribution < 1.29 is 53.4 Å². The van der Waals surface area contributed by atoms with Crippen molar-refractivity contribution in [3.05, 3.63) is 0 Å². The SMILES string of the molecule is O=C(O)COCCOC(=O)C(CCCNC(=O)COCCO)NC(=O)COCCO. The highest BCUT2D eigenvalue weighted by atomic mass is 16.6. The molecule has 2 amide bonds. The van der Waals surface area contributed by atoms with Gasteiger partial charge in [-0.2, -0.15) is 0 Å². The van der Waals surface area contributed by atoms with Crippen molar-refractivity contribution in [2.24, 2.45) is 0 Å². The Kier molecular flexibility index (Phi) is 17.2. The van der Waals surface area contributed by atoms with Crippen LogP contribution in [0.15, 0.2) is 0 Å². The third kappa shape index (κ3) is 16.6. The molecule has 1 unspecified atom stereocenters. The highest BCUT2D eigenvalue weighted by Gasteiger charge is 2.22. The van der Waals surface area contributed by atoms with E-state index in [-0.39, 0.29) is 71.7 Å². The predicted molar refractivity (Wildman–Crippen MR) is 99.4 cm³/mol. The van der Waals surface area contributed by atoms with Crippen molar-refractivity contribution in [1.29, 1.82) is 0 Å². The summed E-state index contributed by atoms with van der Waals surface area (Å²) in [5.74, 6) is -2.88. The first-order valence-corrected chi connectivity index (χ1v) is 9.30. The Hall–Kier alpha value is -2.32. The molecule has 5 N–H and O–H groups in total. The fourth-order valence-electron chi connectivity index (χ4n) is 1.99. The summed E-state index contributed by atoms with van der Waals surface area (Å²) >= 11 is 0. The number of carboxylic acid groups (broad SMARTS) is 1. The van der Waals surface area contributed by atoms with Crippen LogP contribution in [0.5, 0.6) is 0 Å². The Bertz CT molecular complexity index is 516. The zero-order valence-corrected chi connectivity index (χ0v) is 16.7. The second-order valence-electron chi connectivity index (χ2n) is 5.78. The molecule has 0 rings (SSSR count). The van der Waals surface area contributed by atoms with Gasteiger partial charge in [0.2, 0.25) is 11.8 Å². The van der Waals surface area contributed by atoms with E-state index in [1.165, 1.54) is 0 Å². The average Bonchev–Trinajstić information content (AvgIpc) is 2.70. The number of aliphatic hydroxyl groups is 2. The van der Waals surface area contributed by atoms with Crippen LogP contribution in [0, 0.1) is 0 Å². The van der Waals surface area contributed by atoms with Gasteiger partial charge in [0.15, 0.2) is 0 Å². The molecule has 0 bridgehead atoms. The Balaban J connectivity index is 4.38. The number of hydrogen-bond donors (Lipinski definition) is 5. The van der Waals surface area contributed by atoms with Crippen LogP contribution in [-0.4, -0.2) is 111 Å². The van der Waals surface area contributed by atoms with Crippen molar-refractivity contribution in [2.75, 3.05) is 66.0 Å². The fraction of sp³-hybridized carbons (Fsp3) is 0.765. The van der Waals surface area contributed by atoms with Gasteiger partial charge in [0.1, 0.15) is 32.5 Å². The van der Waals surface area contributed by atoms with E-state index < -0.39 is 30.5 Å². The number of ether oxygens (including phenoxy) is 4. The first kappa shape index (κ1) is 27.7. The zero-order chi connectivity index (χ0) is 22.6. The molecule has 0 heterocycles. The summed E-state index contributed by atoms with van der Waals surface area (Å²) in [4.78, 5) is 45.9. The number of carbonyl (C=O) groups is 4. The summed E-state index contributed by atoms with van der Waals surface area (Å²) < 4.78 is 19.5. The highest BCUT2D eigenvalue weighted by Crippen LogP contribution is 2.01. The standard InChI is InChI=1S/C17H30N2O11/c20-4-6-27-10-14(22)18-3-1-2-13(19-15(23)11-28-7-5-21)17(26)30-9-8-29-12-16(24)25/h13,20-21H,1-12H2,(H,18,22)(H,19,23)(H,24,25). The molecule has 0 aromatic heterocycles. The number of carboxylic acids is 1. The lowest BCUT2D eigenvalue weighted by molar-refractivity contribution is -0.151. The lowest BCUT2D eigenvalue weighted by atomic mass is 10.1. The number of carbonyl (C=O) groups excluding carboxylic acids is 3. The summed E-state index contributed by atoms with van der Waals surface area (Å²) in [6, 6.07) is -1.02. The monoisotopic (exact) mass is 438 g/mol. The van der Waals surface area contributed by atoms with E-state index in [9.17, 15) is 19.2 Å². The van der Waals surface area contributed by atoms with Crippen LogP contribution in [0.2, 0.25) is 0 Å². The molecular weight excluding hydrogens is 408 g/mol. The number of aliphatic hydroxyl groups excluding tert-OH is 2. The minimum atomic E-state index is -1.15. The summed E-state index contributed by atoms with van der Waals surface area (Å²) in [7, 11) is 0. The van der Waals surface area contributed by atoms with E-state index in [1.54, 1.807) is 0 Å². The third-order valence-corrected chi connectivity index (χ3v) is 3.25. The zero-order valence-electron chi connectivity index (χ0n) is 16.7. The summed E-state index contributed by atoms with van der Waals surface area (Å²) in [6.07, 6.45) is 0.483. The minimum absolute atomic E-state index is 0.0339. The molecular formula is C17H30N2O11. The molecule has 0 aliphatic carbocycles. The van der Waals surface area contributed by atoms with Gasteiger partial charge >= 0.3 is 11.9 Å². The van der Waals surface area contributed by atoms with Gasteiger partial charge in [-0.25, -0.2) is 9.59 Å². The lowest BCUT2D eigenvalue weighted by Gasteiger charge is -2.18. The maximum Gasteiger partial charge on any atom is 0.329 e. The predicted octanol–water partition coefficient (Wildman–Crippen LogP) is -2.97. The van der Waals surface area contributed by atoms with Crippen molar-refractivity contribution in [2.45, 2.75) is 18.9 Å². The molecule has 0 aromatic rings. The van der Waals surface area contributed by atoms with Crippen LogP contribution in [0.1, 0.15) is 12.8 Å². The van der Waals surface area contributed by atoms with Crippen molar-refractivity contribution in [1.82, 2.24) is 10.6 Å². The number of nitrogens with one attached hydrogen (secondary N) is 2. The molecule has 0 aromatic carbocycles. The normalized spacial score (nSPS) is 11.5. The molecule has 30 heavy (non-hydrogen) atoms. The van der Waals surface area contributed by atoms with Crippen molar-refractivity contribution in [3.8, 4) is 0 Å². The maximum atomic E-state index is 12.2.